The molecule has 1 saturated heterocycles. The zero-order chi connectivity index (χ0) is 17.5. The Morgan fingerprint density at radius 2 is 1.76 bits per heavy atom. The van der Waals surface area contributed by atoms with Gasteiger partial charge in [0.05, 0.1) is 20.3 Å². The lowest BCUT2D eigenvalue weighted by Gasteiger charge is -2.27. The molecule has 1 amide bonds. The molecule has 2 aromatic rings. The molecule has 3 rings (SSSR count). The summed E-state index contributed by atoms with van der Waals surface area (Å²) in [5, 5.41) is 3.01. The van der Waals surface area contributed by atoms with Crippen molar-refractivity contribution in [1.82, 2.24) is 10.2 Å². The zero-order valence-corrected chi connectivity index (χ0v) is 14.5. The smallest absolute Gasteiger partial charge is 0.251 e. The molecule has 1 aliphatic rings. The van der Waals surface area contributed by atoms with Crippen LogP contribution in [0.5, 0.6) is 5.75 Å². The normalized spacial score (nSPS) is 14.9. The highest BCUT2D eigenvalue weighted by molar-refractivity contribution is 5.94. The van der Waals surface area contributed by atoms with Gasteiger partial charge < -0.3 is 14.8 Å². The van der Waals surface area contributed by atoms with E-state index in [4.69, 9.17) is 9.47 Å². The zero-order valence-electron chi connectivity index (χ0n) is 14.5. The number of morpholine rings is 1. The third-order valence-electron chi connectivity index (χ3n) is 4.41. The van der Waals surface area contributed by atoms with Crippen LogP contribution in [0.2, 0.25) is 0 Å². The summed E-state index contributed by atoms with van der Waals surface area (Å²) in [5.74, 6) is 0.663. The quantitative estimate of drug-likeness (QED) is 0.878. The van der Waals surface area contributed by atoms with Gasteiger partial charge in [-0.05, 0) is 35.4 Å². The fourth-order valence-electron chi connectivity index (χ4n) is 2.90. The number of nitrogens with one attached hydrogen (secondary N) is 1. The van der Waals surface area contributed by atoms with Crippen molar-refractivity contribution in [3.63, 3.8) is 0 Å². The molecule has 132 valence electrons. The number of benzene rings is 2. The van der Waals surface area contributed by atoms with Crippen molar-refractivity contribution < 1.29 is 14.3 Å². The van der Waals surface area contributed by atoms with Crippen molar-refractivity contribution in [2.45, 2.75) is 13.1 Å². The van der Waals surface area contributed by atoms with E-state index < -0.39 is 0 Å². The van der Waals surface area contributed by atoms with Crippen LogP contribution in [-0.2, 0) is 17.8 Å². The molecule has 1 N–H and O–H groups in total. The van der Waals surface area contributed by atoms with Crippen molar-refractivity contribution in [3.05, 3.63) is 65.2 Å². The number of rotatable bonds is 6. The number of hydrogen-bond acceptors (Lipinski definition) is 4. The van der Waals surface area contributed by atoms with Crippen molar-refractivity contribution in [3.8, 4) is 5.75 Å². The lowest BCUT2D eigenvalue weighted by Crippen LogP contribution is -2.36. The summed E-state index contributed by atoms with van der Waals surface area (Å²) in [7, 11) is 1.61. The average Bonchev–Trinajstić information content (AvgIpc) is 2.68. The summed E-state index contributed by atoms with van der Waals surface area (Å²) in [6.07, 6.45) is 0. The van der Waals surface area contributed by atoms with Crippen molar-refractivity contribution in [1.29, 1.82) is 0 Å². The number of methoxy groups -OCH3 is 1. The number of amides is 1. The largest absolute Gasteiger partial charge is 0.497 e. The highest BCUT2D eigenvalue weighted by Crippen LogP contribution is 2.14. The van der Waals surface area contributed by atoms with Gasteiger partial charge in [0.2, 0.25) is 0 Å². The third-order valence-corrected chi connectivity index (χ3v) is 4.41. The van der Waals surface area contributed by atoms with Crippen molar-refractivity contribution in [2.75, 3.05) is 33.4 Å². The van der Waals surface area contributed by atoms with E-state index >= 15 is 0 Å². The molecule has 0 unspecified atom stereocenters. The summed E-state index contributed by atoms with van der Waals surface area (Å²) < 4.78 is 10.5. The van der Waals surface area contributed by atoms with Crippen LogP contribution in [0.15, 0.2) is 48.5 Å². The van der Waals surface area contributed by atoms with E-state index in [9.17, 15) is 4.79 Å². The number of ether oxygens (including phenoxy) is 2. The van der Waals surface area contributed by atoms with Gasteiger partial charge in [-0.15, -0.1) is 0 Å². The molecule has 2 aromatic carbocycles. The van der Waals surface area contributed by atoms with Gasteiger partial charge in [-0.3, -0.25) is 9.69 Å². The Morgan fingerprint density at radius 1 is 1.08 bits per heavy atom. The minimum Gasteiger partial charge on any atom is -0.497 e. The first-order valence-electron chi connectivity index (χ1n) is 8.55. The Labute approximate surface area is 148 Å². The Hall–Kier alpha value is -2.37. The second kappa shape index (κ2) is 8.65. The van der Waals surface area contributed by atoms with Crippen LogP contribution >= 0.6 is 0 Å². The second-order valence-corrected chi connectivity index (χ2v) is 6.07. The van der Waals surface area contributed by atoms with Crippen LogP contribution in [0.1, 0.15) is 21.5 Å². The van der Waals surface area contributed by atoms with E-state index in [1.165, 1.54) is 5.56 Å². The molecular weight excluding hydrogens is 316 g/mol. The maximum Gasteiger partial charge on any atom is 0.251 e. The van der Waals surface area contributed by atoms with Gasteiger partial charge in [0.1, 0.15) is 5.75 Å². The van der Waals surface area contributed by atoms with E-state index in [-0.39, 0.29) is 5.91 Å². The van der Waals surface area contributed by atoms with Crippen LogP contribution in [0.25, 0.3) is 0 Å². The SMILES string of the molecule is COc1ccc(C(=O)NCc2ccccc2CN2CCOCC2)cc1. The molecule has 0 bridgehead atoms. The molecule has 0 atom stereocenters. The molecule has 0 radical (unpaired) electrons. The van der Waals surface area contributed by atoms with Gasteiger partial charge in [0, 0.05) is 31.7 Å². The van der Waals surface area contributed by atoms with E-state index in [2.05, 4.69) is 22.3 Å². The summed E-state index contributed by atoms with van der Waals surface area (Å²) in [6, 6.07) is 15.4. The van der Waals surface area contributed by atoms with Crippen LogP contribution < -0.4 is 10.1 Å². The first-order chi connectivity index (χ1) is 12.3. The van der Waals surface area contributed by atoms with Crippen molar-refractivity contribution >= 4 is 5.91 Å². The predicted molar refractivity (Wildman–Crippen MR) is 96.7 cm³/mol. The molecule has 0 spiro atoms. The number of carbonyl (C=O) groups excluding carboxylic acids is 1. The Kier molecular flexibility index (Phi) is 6.04. The minimum atomic E-state index is -0.0798. The van der Waals surface area contributed by atoms with E-state index in [1.807, 2.05) is 12.1 Å². The summed E-state index contributed by atoms with van der Waals surface area (Å²) >= 11 is 0. The summed E-state index contributed by atoms with van der Waals surface area (Å²) in [4.78, 5) is 14.7. The third kappa shape index (κ3) is 4.81. The van der Waals surface area contributed by atoms with Crippen LogP contribution in [0.3, 0.4) is 0 Å². The second-order valence-electron chi connectivity index (χ2n) is 6.07. The number of hydrogen-bond donors (Lipinski definition) is 1. The van der Waals surface area contributed by atoms with Crippen molar-refractivity contribution in [2.24, 2.45) is 0 Å². The fourth-order valence-corrected chi connectivity index (χ4v) is 2.90. The topological polar surface area (TPSA) is 50.8 Å². The standard InChI is InChI=1S/C20H24N2O3/c1-24-19-8-6-16(7-9-19)20(23)21-14-17-4-2-3-5-18(17)15-22-10-12-25-13-11-22/h2-9H,10-15H2,1H3,(H,21,23). The maximum atomic E-state index is 12.3. The molecule has 5 heteroatoms. The minimum absolute atomic E-state index is 0.0798. The Morgan fingerprint density at radius 3 is 2.44 bits per heavy atom. The first kappa shape index (κ1) is 17.5. The van der Waals surface area contributed by atoms with Gasteiger partial charge in [0.15, 0.2) is 0 Å². The molecule has 1 heterocycles. The van der Waals surface area contributed by atoms with Gasteiger partial charge >= 0.3 is 0 Å². The maximum absolute atomic E-state index is 12.3. The summed E-state index contributed by atoms with van der Waals surface area (Å²) in [5.41, 5.74) is 3.03. The molecule has 1 aliphatic heterocycles. The van der Waals surface area contributed by atoms with E-state index in [0.29, 0.717) is 12.1 Å². The Bertz CT molecular complexity index is 694. The predicted octanol–water partition coefficient (Wildman–Crippen LogP) is 2.46. The van der Waals surface area contributed by atoms with E-state index in [0.717, 1.165) is 44.2 Å². The molecule has 1 fully saturated rings. The van der Waals surface area contributed by atoms with E-state index in [1.54, 1.807) is 31.4 Å². The lowest BCUT2D eigenvalue weighted by atomic mass is 10.1. The average molecular weight is 340 g/mol. The van der Waals surface area contributed by atoms with Crippen LogP contribution in [-0.4, -0.2) is 44.2 Å². The summed E-state index contributed by atoms with van der Waals surface area (Å²) in [6.45, 7) is 4.88. The highest BCUT2D eigenvalue weighted by atomic mass is 16.5. The molecule has 0 saturated carbocycles. The number of carbonyl (C=O) groups is 1. The fraction of sp³-hybridized carbons (Fsp3) is 0.350. The van der Waals surface area contributed by atoms with Crippen LogP contribution in [0, 0.1) is 0 Å². The monoisotopic (exact) mass is 340 g/mol. The molecule has 25 heavy (non-hydrogen) atoms. The molecule has 5 nitrogen and oxygen atoms in total. The lowest BCUT2D eigenvalue weighted by molar-refractivity contribution is 0.0340. The van der Waals surface area contributed by atoms with Gasteiger partial charge in [-0.2, -0.15) is 0 Å². The molecule has 0 aliphatic carbocycles. The molecule has 0 aromatic heterocycles. The first-order valence-corrected chi connectivity index (χ1v) is 8.55. The van der Waals surface area contributed by atoms with Gasteiger partial charge in [0.25, 0.3) is 5.91 Å². The number of nitrogens with zero attached hydrogens (tertiary/aromatic N) is 1. The molecular formula is C20H24N2O3. The Balaban J connectivity index is 1.61. The van der Waals surface area contributed by atoms with Gasteiger partial charge in [-0.25, -0.2) is 0 Å². The van der Waals surface area contributed by atoms with Gasteiger partial charge in [-0.1, -0.05) is 24.3 Å². The van der Waals surface area contributed by atoms with Crippen LogP contribution in [0.4, 0.5) is 0 Å². The highest BCUT2D eigenvalue weighted by Gasteiger charge is 2.13.